The van der Waals surface area contributed by atoms with E-state index in [4.69, 9.17) is 23.2 Å². The molecule has 35 heavy (non-hydrogen) atoms. The van der Waals surface area contributed by atoms with Crippen molar-refractivity contribution in [3.63, 3.8) is 0 Å². The van der Waals surface area contributed by atoms with Gasteiger partial charge in [-0.3, -0.25) is 9.59 Å². The fraction of sp³-hybridized carbons (Fsp3) is 0.286. The molecule has 0 radical (unpaired) electrons. The van der Waals surface area contributed by atoms with E-state index < -0.39 is 6.04 Å². The number of nitrogens with zero attached hydrogens (tertiary/aromatic N) is 1. The summed E-state index contributed by atoms with van der Waals surface area (Å²) >= 11 is 14.1. The maximum absolute atomic E-state index is 13.6. The number of hydrogen-bond donors (Lipinski definition) is 1. The van der Waals surface area contributed by atoms with Crippen molar-refractivity contribution < 1.29 is 9.59 Å². The first-order chi connectivity index (χ1) is 16.9. The van der Waals surface area contributed by atoms with Crippen LogP contribution in [0.15, 0.2) is 72.8 Å². The number of halogens is 2. The number of likely N-dealkylation sites (N-methyl/N-ethyl adjacent to an activating group) is 1. The summed E-state index contributed by atoms with van der Waals surface area (Å²) in [5.41, 5.74) is 4.09. The minimum atomic E-state index is -0.670. The third kappa shape index (κ3) is 8.31. The second-order valence-corrected chi connectivity index (χ2v) is 10.2. The monoisotopic (exact) mass is 528 g/mol. The summed E-state index contributed by atoms with van der Waals surface area (Å²) in [4.78, 5) is 28.4. The molecule has 0 bridgehead atoms. The molecule has 2 amide bonds. The van der Waals surface area contributed by atoms with Crippen LogP contribution in [0.5, 0.6) is 0 Å². The van der Waals surface area contributed by atoms with Crippen LogP contribution in [-0.2, 0) is 28.3 Å². The molecule has 184 valence electrons. The van der Waals surface area contributed by atoms with Crippen molar-refractivity contribution in [3.8, 4) is 0 Å². The highest BCUT2D eigenvalue weighted by molar-refractivity contribution is 7.99. The number of thioether (sulfide) groups is 1. The highest BCUT2D eigenvalue weighted by Gasteiger charge is 2.30. The zero-order valence-corrected chi connectivity index (χ0v) is 22.3. The van der Waals surface area contributed by atoms with Crippen molar-refractivity contribution in [2.24, 2.45) is 0 Å². The number of aryl methyl sites for hydroxylation is 1. The van der Waals surface area contributed by atoms with E-state index in [1.807, 2.05) is 43.3 Å². The van der Waals surface area contributed by atoms with Gasteiger partial charge in [-0.15, -0.1) is 11.8 Å². The number of amides is 2. The molecule has 7 heteroatoms. The number of nitrogens with one attached hydrogen (secondary N) is 1. The van der Waals surface area contributed by atoms with Crippen molar-refractivity contribution in [1.82, 2.24) is 10.2 Å². The van der Waals surface area contributed by atoms with Gasteiger partial charge in [0.25, 0.3) is 0 Å². The lowest BCUT2D eigenvalue weighted by Crippen LogP contribution is -2.51. The van der Waals surface area contributed by atoms with E-state index >= 15 is 0 Å². The summed E-state index contributed by atoms with van der Waals surface area (Å²) in [5.74, 6) is 0.675. The molecule has 4 nitrogen and oxygen atoms in total. The highest BCUT2D eigenvalue weighted by Crippen LogP contribution is 2.25. The van der Waals surface area contributed by atoms with Crippen LogP contribution in [0.2, 0.25) is 10.0 Å². The molecule has 1 N–H and O–H groups in total. The lowest BCUT2D eigenvalue weighted by Gasteiger charge is -2.31. The number of rotatable bonds is 11. The number of carbonyl (C=O) groups excluding carboxylic acids is 2. The summed E-state index contributed by atoms with van der Waals surface area (Å²) in [6.07, 6.45) is 0.409. The first kappa shape index (κ1) is 27.1. The van der Waals surface area contributed by atoms with Gasteiger partial charge in [-0.25, -0.2) is 0 Å². The van der Waals surface area contributed by atoms with Crippen LogP contribution in [0.4, 0.5) is 0 Å². The quantitative estimate of drug-likeness (QED) is 0.317. The molecule has 0 saturated heterocycles. The Morgan fingerprint density at radius 3 is 2.34 bits per heavy atom. The van der Waals surface area contributed by atoms with Crippen LogP contribution in [0, 0.1) is 6.92 Å². The standard InChI is InChI=1S/C28H30Cl2N2O2S/c1-3-31-28(34)26(15-21-7-5-4-6-8-21)32(17-23-13-14-24(29)16-25(23)30)27(33)19-35-18-22-11-9-20(2)10-12-22/h4-14,16,26H,3,15,17-19H2,1-2H3,(H,31,34)/t26-/m0/s1. The molecular weight excluding hydrogens is 499 g/mol. The highest BCUT2D eigenvalue weighted by atomic mass is 35.5. The SMILES string of the molecule is CCNC(=O)[C@H](Cc1ccccc1)N(Cc1ccc(Cl)cc1Cl)C(=O)CSCc1ccc(C)cc1. The molecule has 3 aromatic carbocycles. The van der Waals surface area contributed by atoms with E-state index in [1.54, 1.807) is 17.0 Å². The molecule has 1 atom stereocenters. The van der Waals surface area contributed by atoms with Gasteiger partial charge < -0.3 is 10.2 Å². The van der Waals surface area contributed by atoms with Crippen molar-refractivity contribution in [3.05, 3.63) is 105 Å². The third-order valence-electron chi connectivity index (χ3n) is 5.59. The van der Waals surface area contributed by atoms with E-state index in [2.05, 4.69) is 36.5 Å². The smallest absolute Gasteiger partial charge is 0.243 e. The lowest BCUT2D eigenvalue weighted by atomic mass is 10.0. The van der Waals surface area contributed by atoms with E-state index in [9.17, 15) is 9.59 Å². The lowest BCUT2D eigenvalue weighted by molar-refractivity contribution is -0.139. The summed E-state index contributed by atoms with van der Waals surface area (Å²) in [6.45, 7) is 4.62. The Hall–Kier alpha value is -2.47. The van der Waals surface area contributed by atoms with Gasteiger partial charge in [0.2, 0.25) is 11.8 Å². The third-order valence-corrected chi connectivity index (χ3v) is 7.17. The zero-order valence-electron chi connectivity index (χ0n) is 20.0. The molecule has 0 aromatic heterocycles. The van der Waals surface area contributed by atoms with Crippen LogP contribution in [0.1, 0.15) is 29.2 Å². The summed E-state index contributed by atoms with van der Waals surface area (Å²) in [5, 5.41) is 3.90. The maximum atomic E-state index is 13.6. The average Bonchev–Trinajstić information content (AvgIpc) is 2.84. The van der Waals surface area contributed by atoms with Crippen LogP contribution in [-0.4, -0.2) is 35.1 Å². The van der Waals surface area contributed by atoms with Gasteiger partial charge in [0, 0.05) is 35.3 Å². The minimum absolute atomic E-state index is 0.111. The normalized spacial score (nSPS) is 11.7. The summed E-state index contributed by atoms with van der Waals surface area (Å²) in [7, 11) is 0. The fourth-order valence-electron chi connectivity index (χ4n) is 3.70. The Labute approximate surface area is 222 Å². The molecule has 0 unspecified atom stereocenters. The molecule has 0 aliphatic heterocycles. The first-order valence-corrected chi connectivity index (χ1v) is 13.5. The fourth-order valence-corrected chi connectivity index (χ4v) is 5.04. The topological polar surface area (TPSA) is 49.4 Å². The minimum Gasteiger partial charge on any atom is -0.355 e. The Morgan fingerprint density at radius 1 is 0.971 bits per heavy atom. The second-order valence-electron chi connectivity index (χ2n) is 8.34. The largest absolute Gasteiger partial charge is 0.355 e. The van der Waals surface area contributed by atoms with Gasteiger partial charge >= 0.3 is 0 Å². The summed E-state index contributed by atoms with van der Waals surface area (Å²) in [6, 6.07) is 22.6. The van der Waals surface area contributed by atoms with Gasteiger partial charge in [-0.05, 0) is 42.7 Å². The van der Waals surface area contributed by atoms with E-state index in [-0.39, 0.29) is 24.1 Å². The average molecular weight is 530 g/mol. The van der Waals surface area contributed by atoms with E-state index in [0.29, 0.717) is 28.8 Å². The van der Waals surface area contributed by atoms with E-state index in [0.717, 1.165) is 16.7 Å². The Kier molecular flexibility index (Phi) is 10.5. The summed E-state index contributed by atoms with van der Waals surface area (Å²) < 4.78 is 0. The predicted octanol–water partition coefficient (Wildman–Crippen LogP) is 6.31. The Bertz CT molecular complexity index is 1120. The van der Waals surface area contributed by atoms with Crippen LogP contribution >= 0.6 is 35.0 Å². The number of carbonyl (C=O) groups is 2. The zero-order chi connectivity index (χ0) is 25.2. The van der Waals surface area contributed by atoms with Crippen LogP contribution in [0.25, 0.3) is 0 Å². The molecule has 0 spiro atoms. The van der Waals surface area contributed by atoms with Gasteiger partial charge in [-0.1, -0.05) is 89.4 Å². The van der Waals surface area contributed by atoms with Gasteiger partial charge in [-0.2, -0.15) is 0 Å². The van der Waals surface area contributed by atoms with Crippen LogP contribution < -0.4 is 5.32 Å². The van der Waals surface area contributed by atoms with Crippen molar-refractivity contribution in [1.29, 1.82) is 0 Å². The van der Waals surface area contributed by atoms with Crippen molar-refractivity contribution in [2.75, 3.05) is 12.3 Å². The second kappa shape index (κ2) is 13.6. The molecule has 0 saturated carbocycles. The molecule has 0 aliphatic carbocycles. The molecule has 0 heterocycles. The maximum Gasteiger partial charge on any atom is 0.243 e. The van der Waals surface area contributed by atoms with Crippen molar-refractivity contribution >= 4 is 46.8 Å². The van der Waals surface area contributed by atoms with E-state index in [1.165, 1.54) is 17.3 Å². The predicted molar refractivity (Wildman–Crippen MR) is 147 cm³/mol. The number of hydrogen-bond acceptors (Lipinski definition) is 3. The van der Waals surface area contributed by atoms with Crippen LogP contribution in [0.3, 0.4) is 0 Å². The molecule has 3 aromatic rings. The van der Waals surface area contributed by atoms with Gasteiger partial charge in [0.15, 0.2) is 0 Å². The van der Waals surface area contributed by atoms with Gasteiger partial charge in [0.05, 0.1) is 5.75 Å². The Morgan fingerprint density at radius 2 is 1.69 bits per heavy atom. The first-order valence-electron chi connectivity index (χ1n) is 11.6. The number of benzene rings is 3. The van der Waals surface area contributed by atoms with Gasteiger partial charge in [0.1, 0.15) is 6.04 Å². The molecular formula is C28H30Cl2N2O2S. The molecule has 0 fully saturated rings. The molecule has 0 aliphatic rings. The van der Waals surface area contributed by atoms with Crippen molar-refractivity contribution in [2.45, 2.75) is 38.6 Å². The Balaban J connectivity index is 1.85. The molecule has 3 rings (SSSR count).